The number of carbonyl (C=O) groups is 2. The fraction of sp³-hybridized carbons (Fsp3) is 0.846. The molecule has 1 amide bonds. The Hall–Kier alpha value is -2.64. The van der Waals surface area contributed by atoms with Crippen LogP contribution in [0.5, 0.6) is 0 Å². The Morgan fingerprint density at radius 2 is 0.764 bits per heavy atom. The van der Waals surface area contributed by atoms with Crippen LogP contribution in [0, 0.1) is 0 Å². The second-order valence-corrected chi connectivity index (χ2v) is 26.3. The molecule has 1 heterocycles. The average molecular weight is 1250 g/mol. The van der Waals surface area contributed by atoms with Gasteiger partial charge in [-0.25, -0.2) is 0 Å². The zero-order chi connectivity index (χ0) is 64.4. The molecule has 0 radical (unpaired) electrons. The number of ether oxygens (including phenoxy) is 3. The van der Waals surface area contributed by atoms with Crippen LogP contribution in [0.4, 0.5) is 0 Å². The monoisotopic (exact) mass is 1250 g/mol. The summed E-state index contributed by atoms with van der Waals surface area (Å²) < 4.78 is 16.7. The lowest BCUT2D eigenvalue weighted by Crippen LogP contribution is -2.60. The molecule has 0 aromatic heterocycles. The van der Waals surface area contributed by atoms with E-state index in [4.69, 9.17) is 14.2 Å². The minimum absolute atomic E-state index is 0.00633. The quantitative estimate of drug-likeness (QED) is 0.0195. The van der Waals surface area contributed by atoms with Gasteiger partial charge in [0.1, 0.15) is 24.4 Å². The first kappa shape index (κ1) is 84.4. The SMILES string of the molecule is CCCCC/C=C/CC/C=C/C(O)C(COC1OC(CO)C(O)C(O)C1O)NC(=O)CCCCCCCCCCCCCCCCCCC/C=C\C/C=C\CCCCCCCCCCCOC(=O)CCCCCCCCCCC/C=C\CCCCCCCC. The average Bonchev–Trinajstić information content (AvgIpc) is 2.40. The summed E-state index contributed by atoms with van der Waals surface area (Å²) in [4.78, 5) is 25.1. The Bertz CT molecular complexity index is 1660. The maximum atomic E-state index is 13.0. The summed E-state index contributed by atoms with van der Waals surface area (Å²) in [6.07, 6.45) is 79.7. The molecule has 89 heavy (non-hydrogen) atoms. The highest BCUT2D eigenvalue weighted by atomic mass is 16.7. The fourth-order valence-corrected chi connectivity index (χ4v) is 11.8. The molecular weight excluding hydrogens is 1110 g/mol. The number of rotatable bonds is 67. The molecule has 1 aliphatic rings. The normalized spacial score (nSPS) is 18.0. The molecule has 0 saturated carbocycles. The van der Waals surface area contributed by atoms with Crippen molar-refractivity contribution in [2.24, 2.45) is 0 Å². The summed E-state index contributed by atoms with van der Waals surface area (Å²) in [5, 5.41) is 54.3. The van der Waals surface area contributed by atoms with Crippen molar-refractivity contribution in [3.8, 4) is 0 Å². The van der Waals surface area contributed by atoms with Crippen molar-refractivity contribution in [3.63, 3.8) is 0 Å². The van der Waals surface area contributed by atoms with Crippen LogP contribution >= 0.6 is 0 Å². The largest absolute Gasteiger partial charge is 0.466 e. The van der Waals surface area contributed by atoms with E-state index in [1.54, 1.807) is 6.08 Å². The molecule has 0 aromatic rings. The van der Waals surface area contributed by atoms with Crippen molar-refractivity contribution in [1.82, 2.24) is 5.32 Å². The number of unbranched alkanes of at least 4 members (excludes halogenated alkanes) is 45. The molecule has 1 aliphatic heterocycles. The van der Waals surface area contributed by atoms with E-state index in [1.807, 2.05) is 6.08 Å². The summed E-state index contributed by atoms with van der Waals surface area (Å²) in [7, 11) is 0. The van der Waals surface area contributed by atoms with Crippen LogP contribution in [0.3, 0.4) is 0 Å². The van der Waals surface area contributed by atoms with Gasteiger partial charge in [0.05, 0.1) is 32.0 Å². The molecule has 0 bridgehead atoms. The molecule has 520 valence electrons. The fourth-order valence-electron chi connectivity index (χ4n) is 11.8. The Morgan fingerprint density at radius 3 is 1.20 bits per heavy atom. The van der Waals surface area contributed by atoms with Crippen LogP contribution in [0.15, 0.2) is 60.8 Å². The van der Waals surface area contributed by atoms with E-state index >= 15 is 0 Å². The maximum Gasteiger partial charge on any atom is 0.305 e. The summed E-state index contributed by atoms with van der Waals surface area (Å²) in [6, 6.07) is -0.826. The van der Waals surface area contributed by atoms with Gasteiger partial charge in [-0.05, 0) is 103 Å². The summed E-state index contributed by atoms with van der Waals surface area (Å²) in [5.74, 6) is -0.186. The maximum absolute atomic E-state index is 13.0. The Morgan fingerprint density at radius 1 is 0.416 bits per heavy atom. The van der Waals surface area contributed by atoms with Gasteiger partial charge in [0.2, 0.25) is 5.91 Å². The lowest BCUT2D eigenvalue weighted by molar-refractivity contribution is -0.302. The third-order valence-corrected chi connectivity index (χ3v) is 17.8. The van der Waals surface area contributed by atoms with Crippen LogP contribution in [0.25, 0.3) is 0 Å². The first-order valence-corrected chi connectivity index (χ1v) is 38.1. The van der Waals surface area contributed by atoms with Gasteiger partial charge in [0.25, 0.3) is 0 Å². The third-order valence-electron chi connectivity index (χ3n) is 17.8. The zero-order valence-corrected chi connectivity index (χ0v) is 57.9. The van der Waals surface area contributed by atoms with Gasteiger partial charge in [-0.1, -0.05) is 306 Å². The third kappa shape index (κ3) is 55.5. The molecule has 11 nitrogen and oxygen atoms in total. The van der Waals surface area contributed by atoms with Crippen molar-refractivity contribution in [1.29, 1.82) is 0 Å². The minimum atomic E-state index is -1.58. The second kappa shape index (κ2) is 66.8. The van der Waals surface area contributed by atoms with E-state index in [2.05, 4.69) is 67.8 Å². The molecule has 7 unspecified atom stereocenters. The van der Waals surface area contributed by atoms with Gasteiger partial charge < -0.3 is 45.1 Å². The van der Waals surface area contributed by atoms with Crippen LogP contribution in [-0.4, -0.2) is 100 Å². The van der Waals surface area contributed by atoms with Crippen molar-refractivity contribution >= 4 is 11.9 Å². The van der Waals surface area contributed by atoms with E-state index in [0.717, 1.165) is 64.2 Å². The predicted octanol–water partition coefficient (Wildman–Crippen LogP) is 20.1. The number of aliphatic hydroxyl groups excluding tert-OH is 5. The number of nitrogens with one attached hydrogen (secondary N) is 1. The van der Waals surface area contributed by atoms with Crippen LogP contribution < -0.4 is 5.32 Å². The van der Waals surface area contributed by atoms with Gasteiger partial charge in [0, 0.05) is 12.8 Å². The van der Waals surface area contributed by atoms with Crippen LogP contribution in [0.2, 0.25) is 0 Å². The number of carbonyl (C=O) groups excluding carboxylic acids is 2. The Kier molecular flexibility index (Phi) is 63.3. The molecule has 1 fully saturated rings. The van der Waals surface area contributed by atoms with Crippen molar-refractivity contribution in [2.75, 3.05) is 19.8 Å². The molecule has 0 spiro atoms. The summed E-state index contributed by atoms with van der Waals surface area (Å²) in [5.41, 5.74) is 0. The topological polar surface area (TPSA) is 175 Å². The number of amides is 1. The van der Waals surface area contributed by atoms with Crippen molar-refractivity contribution < 1.29 is 49.3 Å². The van der Waals surface area contributed by atoms with Crippen molar-refractivity contribution in [2.45, 2.75) is 403 Å². The molecule has 6 N–H and O–H groups in total. The second-order valence-electron chi connectivity index (χ2n) is 26.3. The van der Waals surface area contributed by atoms with Gasteiger partial charge in [0.15, 0.2) is 6.29 Å². The highest BCUT2D eigenvalue weighted by Gasteiger charge is 2.44. The molecule has 0 aliphatic carbocycles. The number of hydrogen-bond acceptors (Lipinski definition) is 10. The Labute approximate surface area is 548 Å². The molecular formula is C78H143NO10. The summed E-state index contributed by atoms with van der Waals surface area (Å²) in [6.45, 7) is 4.30. The van der Waals surface area contributed by atoms with Crippen LogP contribution in [-0.2, 0) is 23.8 Å². The molecule has 1 saturated heterocycles. The Balaban J connectivity index is 1.89. The zero-order valence-electron chi connectivity index (χ0n) is 57.9. The van der Waals surface area contributed by atoms with Gasteiger partial charge >= 0.3 is 5.97 Å². The van der Waals surface area contributed by atoms with Crippen molar-refractivity contribution in [3.05, 3.63) is 60.8 Å². The predicted molar refractivity (Wildman–Crippen MR) is 375 cm³/mol. The first-order chi connectivity index (χ1) is 43.7. The number of allylic oxidation sites excluding steroid dienone is 9. The van der Waals surface area contributed by atoms with E-state index in [-0.39, 0.29) is 18.5 Å². The van der Waals surface area contributed by atoms with Crippen LogP contribution in [0.1, 0.15) is 361 Å². The van der Waals surface area contributed by atoms with Gasteiger partial charge in [-0.2, -0.15) is 0 Å². The first-order valence-electron chi connectivity index (χ1n) is 38.1. The molecule has 7 atom stereocenters. The molecule has 0 aromatic carbocycles. The van der Waals surface area contributed by atoms with Gasteiger partial charge in [-0.15, -0.1) is 0 Å². The highest BCUT2D eigenvalue weighted by Crippen LogP contribution is 2.23. The number of hydrogen-bond donors (Lipinski definition) is 6. The lowest BCUT2D eigenvalue weighted by Gasteiger charge is -2.40. The standard InChI is InChI=1S/C78H143NO10/c1-3-5-7-9-11-13-14-15-16-17-33-37-40-43-46-50-54-58-62-66-74(83)87-67-63-59-55-51-47-44-41-38-35-32-30-28-26-24-22-20-18-19-21-23-25-27-29-31-34-36-39-42-45-49-53-57-61-65-73(82)79-70(71(81)64-60-56-52-48-12-10-8-6-4-2)69-88-78-77(86)76(85)75(84)72(68-80)89-78/h12,15-16,22,24,28,30,48,60,64,70-72,75-78,80-81,84-86H,3-11,13-14,17-21,23,25-27,29,31-47,49-59,61-63,65-69H2,1-2H3,(H,79,82)/b16-15-,24-22-,30-28-,48-12+,64-60+. The number of esters is 1. The lowest BCUT2D eigenvalue weighted by atomic mass is 9.99. The molecule has 11 heteroatoms. The highest BCUT2D eigenvalue weighted by molar-refractivity contribution is 5.76. The molecule has 1 rings (SSSR count). The van der Waals surface area contributed by atoms with E-state index in [1.165, 1.54) is 270 Å². The minimum Gasteiger partial charge on any atom is -0.466 e. The summed E-state index contributed by atoms with van der Waals surface area (Å²) >= 11 is 0. The number of aliphatic hydroxyl groups is 5. The van der Waals surface area contributed by atoms with E-state index < -0.39 is 49.5 Å². The van der Waals surface area contributed by atoms with E-state index in [0.29, 0.717) is 19.4 Å². The van der Waals surface area contributed by atoms with E-state index in [9.17, 15) is 35.1 Å². The van der Waals surface area contributed by atoms with Gasteiger partial charge in [-0.3, -0.25) is 9.59 Å². The smallest absolute Gasteiger partial charge is 0.305 e.